The van der Waals surface area contributed by atoms with Crippen molar-refractivity contribution in [3.63, 3.8) is 0 Å². The number of nitrogens with zero attached hydrogens (tertiary/aromatic N) is 2. The van der Waals surface area contributed by atoms with E-state index >= 15 is 0 Å². The van der Waals surface area contributed by atoms with Gasteiger partial charge in [-0.1, -0.05) is 18.9 Å². The molecule has 1 saturated carbocycles. The molecule has 142 valence electrons. The number of hydrogen-bond donors (Lipinski definition) is 0. The van der Waals surface area contributed by atoms with Crippen molar-refractivity contribution in [3.05, 3.63) is 30.1 Å². The van der Waals surface area contributed by atoms with E-state index in [1.807, 2.05) is 18.2 Å². The van der Waals surface area contributed by atoms with Gasteiger partial charge in [0.25, 0.3) is 0 Å². The lowest BCUT2D eigenvalue weighted by Crippen LogP contribution is -2.49. The van der Waals surface area contributed by atoms with E-state index in [0.29, 0.717) is 31.7 Å². The third kappa shape index (κ3) is 5.39. The molecule has 4 heteroatoms. The van der Waals surface area contributed by atoms with Gasteiger partial charge in [0.1, 0.15) is 5.78 Å². The zero-order valence-corrected chi connectivity index (χ0v) is 15.9. The Morgan fingerprint density at radius 3 is 2.65 bits per heavy atom. The zero-order chi connectivity index (χ0) is 18.2. The first kappa shape index (κ1) is 19.1. The summed E-state index contributed by atoms with van der Waals surface area (Å²) >= 11 is 0. The maximum absolute atomic E-state index is 12.6. The lowest BCUT2D eigenvalue weighted by molar-refractivity contribution is -0.137. The number of pyridine rings is 1. The maximum atomic E-state index is 12.6. The van der Waals surface area contributed by atoms with E-state index < -0.39 is 0 Å². The number of Topliss-reactive ketones (excluding diaryl/α,β-unsaturated/α-hetero) is 1. The van der Waals surface area contributed by atoms with E-state index in [4.69, 9.17) is 0 Å². The number of fused-ring (bicyclic) bond motifs is 1. The van der Waals surface area contributed by atoms with Crippen molar-refractivity contribution in [1.29, 1.82) is 0 Å². The molecular formula is C22H32N2O2. The summed E-state index contributed by atoms with van der Waals surface area (Å²) in [5, 5.41) is 0. The van der Waals surface area contributed by atoms with Gasteiger partial charge in [-0.25, -0.2) is 0 Å². The standard InChI is InChI=1S/C22H32N2O2/c25-20(12-5-11-19-10-3-4-16-23-19)13-6-15-22(26)24-17-7-9-18-8-1-2-14-21(18)24/h3-4,10,16,18,21H,1-2,5-9,11-15,17H2. The molecule has 1 aromatic heterocycles. The summed E-state index contributed by atoms with van der Waals surface area (Å²) in [6.07, 6.45) is 13.4. The number of rotatable bonds is 8. The molecule has 2 aliphatic rings. The van der Waals surface area contributed by atoms with Gasteiger partial charge in [0.2, 0.25) is 5.91 Å². The molecule has 2 heterocycles. The van der Waals surface area contributed by atoms with Gasteiger partial charge < -0.3 is 4.90 Å². The van der Waals surface area contributed by atoms with Crippen molar-refractivity contribution in [1.82, 2.24) is 9.88 Å². The molecule has 3 rings (SSSR count). The van der Waals surface area contributed by atoms with E-state index in [1.54, 1.807) is 6.20 Å². The van der Waals surface area contributed by atoms with Crippen LogP contribution in [0.5, 0.6) is 0 Å². The summed E-state index contributed by atoms with van der Waals surface area (Å²) < 4.78 is 0. The number of piperidine rings is 1. The van der Waals surface area contributed by atoms with Gasteiger partial charge in [0.15, 0.2) is 0 Å². The molecule has 2 atom stereocenters. The lowest BCUT2D eigenvalue weighted by atomic mass is 9.78. The molecular weight excluding hydrogens is 324 g/mol. The van der Waals surface area contributed by atoms with Crippen molar-refractivity contribution >= 4 is 11.7 Å². The second-order valence-electron chi connectivity index (χ2n) is 7.91. The first-order chi connectivity index (χ1) is 12.7. The van der Waals surface area contributed by atoms with Crippen LogP contribution in [0.4, 0.5) is 0 Å². The van der Waals surface area contributed by atoms with Gasteiger partial charge in [-0.15, -0.1) is 0 Å². The molecule has 4 nitrogen and oxygen atoms in total. The Labute approximate surface area is 157 Å². The van der Waals surface area contributed by atoms with Gasteiger partial charge in [-0.2, -0.15) is 0 Å². The summed E-state index contributed by atoms with van der Waals surface area (Å²) in [6.45, 7) is 0.929. The monoisotopic (exact) mass is 356 g/mol. The quantitative estimate of drug-likeness (QED) is 0.697. The van der Waals surface area contributed by atoms with Gasteiger partial charge in [0.05, 0.1) is 0 Å². The fourth-order valence-corrected chi connectivity index (χ4v) is 4.65. The Balaban J connectivity index is 1.33. The third-order valence-corrected chi connectivity index (χ3v) is 6.02. The van der Waals surface area contributed by atoms with Crippen LogP contribution in [0.1, 0.15) is 76.3 Å². The van der Waals surface area contributed by atoms with E-state index in [-0.39, 0.29) is 11.7 Å². The Morgan fingerprint density at radius 2 is 1.81 bits per heavy atom. The maximum Gasteiger partial charge on any atom is 0.222 e. The van der Waals surface area contributed by atoms with Crippen molar-refractivity contribution in [2.75, 3.05) is 6.54 Å². The highest BCUT2D eigenvalue weighted by Crippen LogP contribution is 2.35. The highest BCUT2D eigenvalue weighted by Gasteiger charge is 2.35. The van der Waals surface area contributed by atoms with Crippen LogP contribution < -0.4 is 0 Å². The normalized spacial score (nSPS) is 22.7. The predicted octanol–water partition coefficient (Wildman–Crippen LogP) is 4.32. The summed E-state index contributed by atoms with van der Waals surface area (Å²) in [5.74, 6) is 1.29. The van der Waals surface area contributed by atoms with E-state index in [9.17, 15) is 9.59 Å². The molecule has 1 aliphatic heterocycles. The molecule has 0 radical (unpaired) electrons. The lowest BCUT2D eigenvalue weighted by Gasteiger charge is -2.44. The van der Waals surface area contributed by atoms with Crippen molar-refractivity contribution < 1.29 is 9.59 Å². The van der Waals surface area contributed by atoms with Gasteiger partial charge in [-0.05, 0) is 63.0 Å². The molecule has 1 aliphatic carbocycles. The molecule has 0 bridgehead atoms. The highest BCUT2D eigenvalue weighted by atomic mass is 16.2. The molecule has 0 N–H and O–H groups in total. The Morgan fingerprint density at radius 1 is 1.00 bits per heavy atom. The number of likely N-dealkylation sites (tertiary alicyclic amines) is 1. The average Bonchev–Trinajstić information content (AvgIpc) is 2.68. The Hall–Kier alpha value is -1.71. The first-order valence-electron chi connectivity index (χ1n) is 10.4. The molecule has 0 spiro atoms. The molecule has 26 heavy (non-hydrogen) atoms. The fourth-order valence-electron chi connectivity index (χ4n) is 4.65. The zero-order valence-electron chi connectivity index (χ0n) is 15.9. The number of carbonyl (C=O) groups is 2. The summed E-state index contributed by atoms with van der Waals surface area (Å²) in [7, 11) is 0. The van der Waals surface area contributed by atoms with Crippen molar-refractivity contribution in [2.45, 2.75) is 83.1 Å². The Kier molecular flexibility index (Phi) is 7.22. The van der Waals surface area contributed by atoms with E-state index in [0.717, 1.165) is 37.4 Å². The van der Waals surface area contributed by atoms with Crippen molar-refractivity contribution in [2.24, 2.45) is 5.92 Å². The van der Waals surface area contributed by atoms with Crippen LogP contribution in [0.2, 0.25) is 0 Å². The summed E-state index contributed by atoms with van der Waals surface area (Å²) in [4.78, 5) is 31.1. The topological polar surface area (TPSA) is 50.3 Å². The van der Waals surface area contributed by atoms with Crippen LogP contribution in [0.25, 0.3) is 0 Å². The average molecular weight is 357 g/mol. The van der Waals surface area contributed by atoms with Gasteiger partial charge in [-0.3, -0.25) is 14.6 Å². The smallest absolute Gasteiger partial charge is 0.222 e. The summed E-state index contributed by atoms with van der Waals surface area (Å²) in [5.41, 5.74) is 1.04. The second kappa shape index (κ2) is 9.84. The molecule has 1 amide bonds. The number of aromatic nitrogens is 1. The minimum absolute atomic E-state index is 0.280. The number of ketones is 1. The highest BCUT2D eigenvalue weighted by molar-refractivity contribution is 5.80. The van der Waals surface area contributed by atoms with Crippen LogP contribution in [0.15, 0.2) is 24.4 Å². The van der Waals surface area contributed by atoms with Crippen molar-refractivity contribution in [3.8, 4) is 0 Å². The largest absolute Gasteiger partial charge is 0.339 e. The summed E-state index contributed by atoms with van der Waals surface area (Å²) in [6, 6.07) is 6.37. The molecule has 1 aromatic rings. The van der Waals surface area contributed by atoms with E-state index in [1.165, 1.54) is 32.1 Å². The molecule has 0 aromatic carbocycles. The SMILES string of the molecule is O=C(CCCC(=O)N1CCCC2CCCCC21)CCCc1ccccn1. The van der Waals surface area contributed by atoms with Crippen LogP contribution in [0.3, 0.4) is 0 Å². The van der Waals surface area contributed by atoms with Crippen LogP contribution in [-0.2, 0) is 16.0 Å². The number of carbonyl (C=O) groups excluding carboxylic acids is 2. The number of aryl methyl sites for hydroxylation is 1. The predicted molar refractivity (Wildman–Crippen MR) is 103 cm³/mol. The molecule has 2 fully saturated rings. The molecule has 2 unspecified atom stereocenters. The van der Waals surface area contributed by atoms with E-state index in [2.05, 4.69) is 9.88 Å². The molecule has 1 saturated heterocycles. The van der Waals surface area contributed by atoms with Gasteiger partial charge in [0, 0.05) is 43.7 Å². The third-order valence-electron chi connectivity index (χ3n) is 6.02. The number of hydrogen-bond acceptors (Lipinski definition) is 3. The number of amides is 1. The van der Waals surface area contributed by atoms with Crippen LogP contribution in [-0.4, -0.2) is 34.2 Å². The van der Waals surface area contributed by atoms with Crippen LogP contribution in [0, 0.1) is 5.92 Å². The van der Waals surface area contributed by atoms with Crippen LogP contribution >= 0.6 is 0 Å². The Bertz CT molecular complexity index is 585. The first-order valence-corrected chi connectivity index (χ1v) is 10.4. The minimum atomic E-state index is 0.280. The minimum Gasteiger partial charge on any atom is -0.339 e. The fraction of sp³-hybridized carbons (Fsp3) is 0.682. The second-order valence-corrected chi connectivity index (χ2v) is 7.91. The van der Waals surface area contributed by atoms with Gasteiger partial charge >= 0.3 is 0 Å².